The molecule has 52 valence electrons. The number of halogens is 2. The van der Waals surface area contributed by atoms with Gasteiger partial charge in [-0.3, -0.25) is 0 Å². The Hall–Kier alpha value is 0.400. The lowest BCUT2D eigenvalue weighted by atomic mass is 10.6. The van der Waals surface area contributed by atoms with Gasteiger partial charge in [-0.15, -0.1) is 0 Å². The van der Waals surface area contributed by atoms with E-state index >= 15 is 0 Å². The minimum absolute atomic E-state index is 0.655. The Labute approximate surface area is 72.0 Å². The smallest absolute Gasteiger partial charge is 0.0659 e. The maximum absolute atomic E-state index is 5.08. The molecule has 0 N–H and O–H groups in total. The van der Waals surface area contributed by atoms with Gasteiger partial charge in [0.05, 0.1) is 13.2 Å². The molecule has 0 aliphatic carbocycles. The molecule has 0 atom stereocenters. The monoisotopic (exact) mass is 254 g/mol. The van der Waals surface area contributed by atoms with Crippen LogP contribution in [0.25, 0.3) is 0 Å². The molecule has 1 nitrogen and oxygen atoms in total. The highest BCUT2D eigenvalue weighted by Gasteiger charge is 1.74. The van der Waals surface area contributed by atoms with Gasteiger partial charge in [0, 0.05) is 0 Å². The summed E-state index contributed by atoms with van der Waals surface area (Å²) in [6, 6.07) is 0. The summed E-state index contributed by atoms with van der Waals surface area (Å²) in [4.78, 5) is 3.57. The molecule has 0 amide bonds. The first kappa shape index (κ1) is 9.40. The Morgan fingerprint density at radius 1 is 1.00 bits per heavy atom. The van der Waals surface area contributed by atoms with Crippen molar-refractivity contribution in [2.75, 3.05) is 13.2 Å². The van der Waals surface area contributed by atoms with Crippen LogP contribution in [0.1, 0.15) is 0 Å². The molecule has 0 aromatic heterocycles. The van der Waals surface area contributed by atoms with Gasteiger partial charge in [-0.2, -0.15) is 0 Å². The van der Waals surface area contributed by atoms with Crippen LogP contribution < -0.4 is 0 Å². The third-order valence-electron chi connectivity index (χ3n) is 0.606. The summed E-state index contributed by atoms with van der Waals surface area (Å²) in [5.41, 5.74) is 0. The normalized spacial score (nSPS) is 11.8. The largest absolute Gasteiger partial charge is 0.373 e. The predicted molar refractivity (Wildman–Crippen MR) is 47.0 cm³/mol. The lowest BCUT2D eigenvalue weighted by Gasteiger charge is -1.91. The van der Waals surface area contributed by atoms with Gasteiger partial charge in [-0.25, -0.2) is 0 Å². The van der Waals surface area contributed by atoms with Gasteiger partial charge in [-0.1, -0.05) is 44.0 Å². The lowest BCUT2D eigenvalue weighted by molar-refractivity contribution is 0.194. The predicted octanol–water partition coefficient (Wildman–Crippen LogP) is 2.82. The van der Waals surface area contributed by atoms with E-state index in [1.807, 2.05) is 12.2 Å². The fraction of sp³-hybridized carbons (Fsp3) is 0.333. The maximum atomic E-state index is 5.08. The first-order valence-electron chi connectivity index (χ1n) is 2.50. The van der Waals surface area contributed by atoms with Gasteiger partial charge in [-0.05, 0) is 9.97 Å². The van der Waals surface area contributed by atoms with Gasteiger partial charge in [0.2, 0.25) is 0 Å². The Kier molecular flexibility index (Phi) is 8.77. The zero-order valence-corrected chi connectivity index (χ0v) is 8.06. The highest BCUT2D eigenvalue weighted by molar-refractivity contribution is 9.11. The minimum Gasteiger partial charge on any atom is -0.373 e. The summed E-state index contributed by atoms with van der Waals surface area (Å²) in [5.74, 6) is 0. The van der Waals surface area contributed by atoms with Gasteiger partial charge in [0.25, 0.3) is 0 Å². The average Bonchev–Trinajstić information content (AvgIpc) is 1.89. The van der Waals surface area contributed by atoms with Crippen LogP contribution >= 0.6 is 31.9 Å². The van der Waals surface area contributed by atoms with Gasteiger partial charge < -0.3 is 4.74 Å². The molecular weight excluding hydrogens is 248 g/mol. The molecule has 0 aliphatic heterocycles. The molecule has 0 bridgehead atoms. The van der Waals surface area contributed by atoms with Crippen molar-refractivity contribution in [3.8, 4) is 0 Å². The summed E-state index contributed by atoms with van der Waals surface area (Å²) >= 11 is 6.26. The van der Waals surface area contributed by atoms with E-state index in [0.29, 0.717) is 13.2 Å². The summed E-state index contributed by atoms with van der Waals surface area (Å²) < 4.78 is 5.08. The number of hydrogen-bond acceptors (Lipinski definition) is 1. The SMILES string of the molecule is BrC=CCOCC=CBr. The molecule has 0 aliphatic rings. The zero-order chi connectivity index (χ0) is 6.95. The van der Waals surface area contributed by atoms with Gasteiger partial charge in [0.1, 0.15) is 0 Å². The van der Waals surface area contributed by atoms with Gasteiger partial charge in [0.15, 0.2) is 0 Å². The summed E-state index contributed by atoms with van der Waals surface area (Å²) in [6.07, 6.45) is 3.78. The molecule has 0 radical (unpaired) electrons. The van der Waals surface area contributed by atoms with Crippen molar-refractivity contribution in [2.45, 2.75) is 0 Å². The van der Waals surface area contributed by atoms with E-state index in [1.165, 1.54) is 0 Å². The standard InChI is InChI=1S/C6H8Br2O/c7-3-1-5-9-6-2-4-8/h1-4H,5-6H2. The van der Waals surface area contributed by atoms with E-state index in [9.17, 15) is 0 Å². The lowest BCUT2D eigenvalue weighted by Crippen LogP contribution is -1.88. The third kappa shape index (κ3) is 8.40. The van der Waals surface area contributed by atoms with E-state index in [1.54, 1.807) is 9.97 Å². The van der Waals surface area contributed by atoms with Crippen LogP contribution in [0.3, 0.4) is 0 Å². The van der Waals surface area contributed by atoms with Crippen molar-refractivity contribution in [3.05, 3.63) is 22.1 Å². The molecule has 0 unspecified atom stereocenters. The number of ether oxygens (including phenoxy) is 1. The maximum Gasteiger partial charge on any atom is 0.0659 e. The molecule has 0 rings (SSSR count). The molecule has 0 spiro atoms. The van der Waals surface area contributed by atoms with Crippen molar-refractivity contribution in [2.24, 2.45) is 0 Å². The molecule has 0 heterocycles. The Bertz CT molecular complexity index is 87.2. The second-order valence-corrected chi connectivity index (χ2v) is 2.32. The Morgan fingerprint density at radius 2 is 1.44 bits per heavy atom. The van der Waals surface area contributed by atoms with Crippen molar-refractivity contribution in [3.63, 3.8) is 0 Å². The highest BCUT2D eigenvalue weighted by atomic mass is 79.9. The molecule has 0 aromatic rings. The summed E-state index contributed by atoms with van der Waals surface area (Å²) in [5, 5.41) is 0. The second kappa shape index (κ2) is 8.40. The summed E-state index contributed by atoms with van der Waals surface area (Å²) in [6.45, 7) is 1.31. The van der Waals surface area contributed by atoms with Crippen molar-refractivity contribution < 1.29 is 4.74 Å². The molecule has 3 heteroatoms. The van der Waals surface area contributed by atoms with Crippen LogP contribution in [0.4, 0.5) is 0 Å². The zero-order valence-electron chi connectivity index (χ0n) is 4.89. The van der Waals surface area contributed by atoms with E-state index in [2.05, 4.69) is 31.9 Å². The van der Waals surface area contributed by atoms with E-state index in [0.717, 1.165) is 0 Å². The van der Waals surface area contributed by atoms with Crippen LogP contribution in [0.2, 0.25) is 0 Å². The van der Waals surface area contributed by atoms with Crippen molar-refractivity contribution >= 4 is 31.9 Å². The van der Waals surface area contributed by atoms with Gasteiger partial charge >= 0.3 is 0 Å². The fourth-order valence-corrected chi connectivity index (χ4v) is 0.582. The first-order chi connectivity index (χ1) is 4.41. The van der Waals surface area contributed by atoms with Crippen molar-refractivity contribution in [1.29, 1.82) is 0 Å². The second-order valence-electron chi connectivity index (χ2n) is 1.26. The molecular formula is C6H8Br2O. The molecule has 0 aromatic carbocycles. The Morgan fingerprint density at radius 3 is 1.78 bits per heavy atom. The minimum atomic E-state index is 0.655. The van der Waals surface area contributed by atoms with E-state index < -0.39 is 0 Å². The third-order valence-corrected chi connectivity index (χ3v) is 1.35. The molecule has 9 heavy (non-hydrogen) atoms. The Balaban J connectivity index is 2.91. The van der Waals surface area contributed by atoms with E-state index in [-0.39, 0.29) is 0 Å². The highest BCUT2D eigenvalue weighted by Crippen LogP contribution is 1.86. The van der Waals surface area contributed by atoms with Crippen LogP contribution in [0.15, 0.2) is 22.1 Å². The summed E-state index contributed by atoms with van der Waals surface area (Å²) in [7, 11) is 0. The molecule has 0 saturated carbocycles. The topological polar surface area (TPSA) is 9.23 Å². The van der Waals surface area contributed by atoms with Crippen LogP contribution in [0, 0.1) is 0 Å². The first-order valence-corrected chi connectivity index (χ1v) is 4.33. The fourth-order valence-electron chi connectivity index (χ4n) is 0.277. The molecule has 0 saturated heterocycles. The average molecular weight is 256 g/mol. The van der Waals surface area contributed by atoms with Crippen LogP contribution in [-0.4, -0.2) is 13.2 Å². The van der Waals surface area contributed by atoms with Crippen molar-refractivity contribution in [1.82, 2.24) is 0 Å². The molecule has 0 fully saturated rings. The van der Waals surface area contributed by atoms with E-state index in [4.69, 9.17) is 4.74 Å². The quantitative estimate of drug-likeness (QED) is 0.702. The van der Waals surface area contributed by atoms with Crippen LogP contribution in [0.5, 0.6) is 0 Å². The number of rotatable bonds is 4. The number of hydrogen-bond donors (Lipinski definition) is 0. The van der Waals surface area contributed by atoms with Crippen LogP contribution in [-0.2, 0) is 4.74 Å².